The molecule has 39 heavy (non-hydrogen) atoms. The molecule has 0 aromatic heterocycles. The number of fused-ring (bicyclic) bond motifs is 3. The van der Waals surface area contributed by atoms with Crippen molar-refractivity contribution in [3.05, 3.63) is 107 Å². The van der Waals surface area contributed by atoms with E-state index in [1.807, 2.05) is 66.7 Å². The van der Waals surface area contributed by atoms with Gasteiger partial charge in [-0.05, 0) is 41.7 Å². The second-order valence-electron chi connectivity index (χ2n) is 9.39. The van der Waals surface area contributed by atoms with Crippen molar-refractivity contribution in [2.24, 2.45) is 0 Å². The average molecular weight is 529 g/mol. The van der Waals surface area contributed by atoms with E-state index in [9.17, 15) is 14.4 Å². The molecule has 0 radical (unpaired) electrons. The number of aliphatic carboxylic acids is 1. The minimum absolute atomic E-state index is 0.00869. The fourth-order valence-electron chi connectivity index (χ4n) is 4.56. The van der Waals surface area contributed by atoms with Crippen LogP contribution in [0.2, 0.25) is 0 Å². The summed E-state index contributed by atoms with van der Waals surface area (Å²) < 4.78 is 11.5. The van der Waals surface area contributed by atoms with Crippen molar-refractivity contribution in [2.75, 3.05) is 13.2 Å². The summed E-state index contributed by atoms with van der Waals surface area (Å²) in [5.41, 5.74) is 5.43. The van der Waals surface area contributed by atoms with Gasteiger partial charge in [0.2, 0.25) is 5.91 Å². The molecule has 1 aliphatic carbocycles. The van der Waals surface area contributed by atoms with Crippen LogP contribution < -0.4 is 10.6 Å². The van der Waals surface area contributed by atoms with Crippen molar-refractivity contribution in [3.63, 3.8) is 0 Å². The van der Waals surface area contributed by atoms with Gasteiger partial charge in [-0.15, -0.1) is 0 Å². The molecule has 3 N–H and O–H groups in total. The van der Waals surface area contributed by atoms with Crippen LogP contribution in [0.25, 0.3) is 11.1 Å². The number of alkyl carbamates (subject to hydrolysis) is 1. The first-order valence-corrected chi connectivity index (χ1v) is 12.8. The quantitative estimate of drug-likeness (QED) is 0.312. The number of hydrogen-bond donors (Lipinski definition) is 3. The van der Waals surface area contributed by atoms with E-state index < -0.39 is 30.1 Å². The topological polar surface area (TPSA) is 114 Å². The van der Waals surface area contributed by atoms with Gasteiger partial charge in [0.1, 0.15) is 12.6 Å². The lowest BCUT2D eigenvalue weighted by atomic mass is 9.98. The summed E-state index contributed by atoms with van der Waals surface area (Å²) >= 11 is 0. The molecule has 8 nitrogen and oxygen atoms in total. The number of carbonyl (C=O) groups excluding carboxylic acids is 2. The molecule has 1 aliphatic rings. The zero-order chi connectivity index (χ0) is 27.8. The zero-order valence-electron chi connectivity index (χ0n) is 21.9. The Morgan fingerprint density at radius 1 is 0.923 bits per heavy atom. The van der Waals surface area contributed by atoms with E-state index in [1.54, 1.807) is 6.92 Å². The molecule has 3 aromatic rings. The van der Waals surface area contributed by atoms with Crippen LogP contribution in [-0.4, -0.2) is 48.4 Å². The monoisotopic (exact) mass is 528 g/mol. The molecule has 2 atom stereocenters. The van der Waals surface area contributed by atoms with E-state index in [1.165, 1.54) is 13.0 Å². The van der Waals surface area contributed by atoms with Gasteiger partial charge in [0, 0.05) is 18.0 Å². The fraction of sp³-hybridized carbons (Fsp3) is 0.258. The third-order valence-corrected chi connectivity index (χ3v) is 6.75. The van der Waals surface area contributed by atoms with E-state index in [2.05, 4.69) is 22.8 Å². The first-order valence-electron chi connectivity index (χ1n) is 12.8. The predicted octanol–water partition coefficient (Wildman–Crippen LogP) is 4.65. The summed E-state index contributed by atoms with van der Waals surface area (Å²) in [6, 6.07) is 24.5. The molecule has 0 heterocycles. The Kier molecular flexibility index (Phi) is 9.12. The van der Waals surface area contributed by atoms with Crippen LogP contribution in [0.1, 0.15) is 36.5 Å². The summed E-state index contributed by atoms with van der Waals surface area (Å²) in [4.78, 5) is 37.0. The molecule has 3 aromatic carbocycles. The minimum Gasteiger partial charge on any atom is -0.478 e. The Morgan fingerprint density at radius 3 is 2.13 bits per heavy atom. The molecular weight excluding hydrogens is 496 g/mol. The molecule has 4 rings (SSSR count). The number of carboxylic acids is 1. The fourth-order valence-corrected chi connectivity index (χ4v) is 4.56. The molecular formula is C31H32N2O6. The predicted molar refractivity (Wildman–Crippen MR) is 147 cm³/mol. The van der Waals surface area contributed by atoms with Crippen LogP contribution in [-0.2, 0) is 25.7 Å². The number of ether oxygens (including phenoxy) is 2. The minimum atomic E-state index is -1.07. The second-order valence-corrected chi connectivity index (χ2v) is 9.39. The molecule has 0 fully saturated rings. The number of carboxylic acid groups (broad SMARTS) is 1. The van der Waals surface area contributed by atoms with Crippen LogP contribution in [0.5, 0.6) is 0 Å². The van der Waals surface area contributed by atoms with Crippen molar-refractivity contribution in [1.82, 2.24) is 10.6 Å². The smallest absolute Gasteiger partial charge is 0.407 e. The van der Waals surface area contributed by atoms with Crippen molar-refractivity contribution < 1.29 is 29.0 Å². The largest absolute Gasteiger partial charge is 0.478 e. The van der Waals surface area contributed by atoms with Crippen LogP contribution in [0.3, 0.4) is 0 Å². The molecule has 2 amide bonds. The lowest BCUT2D eigenvalue weighted by Crippen LogP contribution is -2.53. The molecule has 0 saturated carbocycles. The Morgan fingerprint density at radius 2 is 1.51 bits per heavy atom. The molecule has 0 bridgehead atoms. The SMILES string of the molecule is C/C(=C/CNC(=O)[C@H](NC(=O)OCC1c2ccccc2-c2ccccc21)[C@H](C)OCc1ccccc1)C(=O)O. The Balaban J connectivity index is 1.42. The number of carbonyl (C=O) groups is 3. The van der Waals surface area contributed by atoms with E-state index in [-0.39, 0.29) is 31.2 Å². The number of rotatable bonds is 11. The van der Waals surface area contributed by atoms with Gasteiger partial charge >= 0.3 is 12.1 Å². The summed E-state index contributed by atoms with van der Waals surface area (Å²) in [5, 5.41) is 14.3. The number of benzene rings is 3. The lowest BCUT2D eigenvalue weighted by Gasteiger charge is -2.25. The molecule has 0 saturated heterocycles. The molecule has 8 heteroatoms. The number of hydrogen-bond acceptors (Lipinski definition) is 5. The molecule has 202 valence electrons. The summed E-state index contributed by atoms with van der Waals surface area (Å²) in [6.07, 6.45) is -0.0558. The Bertz CT molecular complexity index is 1310. The molecule has 0 unspecified atom stereocenters. The normalized spacial score (nSPS) is 14.1. The van der Waals surface area contributed by atoms with E-state index >= 15 is 0 Å². The Labute approximate surface area is 227 Å². The van der Waals surface area contributed by atoms with E-state index in [0.717, 1.165) is 27.8 Å². The number of nitrogens with one attached hydrogen (secondary N) is 2. The van der Waals surface area contributed by atoms with E-state index in [4.69, 9.17) is 14.6 Å². The van der Waals surface area contributed by atoms with Gasteiger partial charge in [-0.1, -0.05) is 84.9 Å². The van der Waals surface area contributed by atoms with Crippen molar-refractivity contribution in [3.8, 4) is 11.1 Å². The van der Waals surface area contributed by atoms with Gasteiger partial charge < -0.3 is 25.2 Å². The highest BCUT2D eigenvalue weighted by molar-refractivity contribution is 5.87. The average Bonchev–Trinajstić information content (AvgIpc) is 3.27. The first-order chi connectivity index (χ1) is 18.8. The van der Waals surface area contributed by atoms with Gasteiger partial charge in [-0.25, -0.2) is 9.59 Å². The molecule has 0 spiro atoms. The highest BCUT2D eigenvalue weighted by atomic mass is 16.5. The summed E-state index contributed by atoms with van der Waals surface area (Å²) in [5.74, 6) is -1.71. The maximum Gasteiger partial charge on any atom is 0.407 e. The Hall–Kier alpha value is -4.43. The third-order valence-electron chi connectivity index (χ3n) is 6.75. The maximum atomic E-state index is 13.0. The number of amides is 2. The highest BCUT2D eigenvalue weighted by Gasteiger charge is 2.31. The van der Waals surface area contributed by atoms with Crippen molar-refractivity contribution in [2.45, 2.75) is 38.5 Å². The van der Waals surface area contributed by atoms with Crippen molar-refractivity contribution >= 4 is 18.0 Å². The third kappa shape index (κ3) is 6.91. The molecule has 0 aliphatic heterocycles. The van der Waals surface area contributed by atoms with Crippen LogP contribution in [0.4, 0.5) is 4.79 Å². The van der Waals surface area contributed by atoms with Crippen LogP contribution in [0, 0.1) is 0 Å². The van der Waals surface area contributed by atoms with Gasteiger partial charge in [0.05, 0.1) is 12.7 Å². The van der Waals surface area contributed by atoms with Gasteiger partial charge in [-0.2, -0.15) is 0 Å². The second kappa shape index (κ2) is 12.9. The highest BCUT2D eigenvalue weighted by Crippen LogP contribution is 2.44. The van der Waals surface area contributed by atoms with Crippen LogP contribution >= 0.6 is 0 Å². The first kappa shape index (κ1) is 27.6. The standard InChI is InChI=1S/C31H32N2O6/c1-20(30(35)36)16-17-32-29(34)28(21(2)38-18-22-10-4-3-5-11-22)33-31(37)39-19-27-25-14-8-6-12-23(25)24-13-7-9-15-26(24)27/h3-16,21,27-28H,17-19H2,1-2H3,(H,32,34)(H,33,37)(H,35,36)/b20-16-/t21-,28+/m0/s1. The maximum absolute atomic E-state index is 13.0. The van der Waals surface area contributed by atoms with Crippen LogP contribution in [0.15, 0.2) is 90.5 Å². The zero-order valence-corrected chi connectivity index (χ0v) is 21.9. The summed E-state index contributed by atoms with van der Waals surface area (Å²) in [7, 11) is 0. The van der Waals surface area contributed by atoms with Gasteiger partial charge in [0.15, 0.2) is 0 Å². The van der Waals surface area contributed by atoms with E-state index in [0.29, 0.717) is 0 Å². The lowest BCUT2D eigenvalue weighted by molar-refractivity contribution is -0.132. The summed E-state index contributed by atoms with van der Waals surface area (Å²) in [6.45, 7) is 3.47. The van der Waals surface area contributed by atoms with Crippen molar-refractivity contribution in [1.29, 1.82) is 0 Å². The van der Waals surface area contributed by atoms with Gasteiger partial charge in [-0.3, -0.25) is 4.79 Å². The van der Waals surface area contributed by atoms with Gasteiger partial charge in [0.25, 0.3) is 0 Å².